The molecule has 1 aliphatic heterocycles. The van der Waals surface area contributed by atoms with Gasteiger partial charge in [0.2, 0.25) is 0 Å². The van der Waals surface area contributed by atoms with Gasteiger partial charge in [0.1, 0.15) is 5.82 Å². The van der Waals surface area contributed by atoms with Gasteiger partial charge in [-0.2, -0.15) is 0 Å². The molecule has 0 amide bonds. The Morgan fingerprint density at radius 1 is 1.25 bits per heavy atom. The Labute approximate surface area is 126 Å². The largest absolute Gasteiger partial charge is 0.392 e. The van der Waals surface area contributed by atoms with E-state index in [4.69, 9.17) is 11.6 Å². The van der Waals surface area contributed by atoms with Crippen molar-refractivity contribution in [1.82, 2.24) is 0 Å². The highest BCUT2D eigenvalue weighted by Gasteiger charge is 2.29. The fraction of sp³-hybridized carbons (Fsp3) is 0.250. The summed E-state index contributed by atoms with van der Waals surface area (Å²) in [5, 5.41) is 10.8. The fourth-order valence-corrected chi connectivity index (χ4v) is 4.15. The number of fused-ring (bicyclic) bond motifs is 1. The number of hydrogen-bond donors (Lipinski definition) is 1. The summed E-state index contributed by atoms with van der Waals surface area (Å²) in [4.78, 5) is 1.20. The first kappa shape index (κ1) is 13.9. The Morgan fingerprint density at radius 2 is 2.05 bits per heavy atom. The number of rotatable bonds is 3. The molecule has 1 aliphatic rings. The summed E-state index contributed by atoms with van der Waals surface area (Å²) >= 11 is 7.76. The molecule has 2 aromatic rings. The molecule has 1 heterocycles. The van der Waals surface area contributed by atoms with E-state index in [1.54, 1.807) is 23.9 Å². The third-order valence-corrected chi connectivity index (χ3v) is 5.24. The van der Waals surface area contributed by atoms with E-state index >= 15 is 0 Å². The van der Waals surface area contributed by atoms with Crippen LogP contribution in [0.3, 0.4) is 0 Å². The van der Waals surface area contributed by atoms with Crippen molar-refractivity contribution in [3.8, 4) is 0 Å². The summed E-state index contributed by atoms with van der Waals surface area (Å²) < 4.78 is 13.8. The summed E-state index contributed by atoms with van der Waals surface area (Å²) in [6.07, 6.45) is -0.383. The van der Waals surface area contributed by atoms with Crippen LogP contribution in [0.25, 0.3) is 0 Å². The second kappa shape index (κ2) is 5.76. The lowest BCUT2D eigenvalue weighted by atomic mass is 9.91. The maximum absolute atomic E-state index is 13.8. The highest BCUT2D eigenvalue weighted by molar-refractivity contribution is 7.99. The van der Waals surface area contributed by atoms with Crippen molar-refractivity contribution in [3.63, 3.8) is 0 Å². The summed E-state index contributed by atoms with van der Waals surface area (Å²) in [6, 6.07) is 12.7. The monoisotopic (exact) mass is 308 g/mol. The highest BCUT2D eigenvalue weighted by Crippen LogP contribution is 2.42. The number of aliphatic hydroxyl groups is 1. The van der Waals surface area contributed by atoms with Gasteiger partial charge in [0, 0.05) is 33.6 Å². The third-order valence-electron chi connectivity index (χ3n) is 3.68. The van der Waals surface area contributed by atoms with Crippen LogP contribution in [0.15, 0.2) is 47.4 Å². The van der Waals surface area contributed by atoms with Gasteiger partial charge < -0.3 is 5.11 Å². The standard InChI is InChI=1S/C16H14ClFOS/c17-13-5-3-6-14(18)11(13)8-15(19)12-9-20-16-7-2-1-4-10(12)16/h1-7,12,15,19H,8-9H2. The van der Waals surface area contributed by atoms with Gasteiger partial charge in [0.05, 0.1) is 6.10 Å². The molecule has 104 valence electrons. The molecule has 0 spiro atoms. The van der Waals surface area contributed by atoms with Crippen LogP contribution in [0, 0.1) is 5.82 Å². The van der Waals surface area contributed by atoms with Crippen molar-refractivity contribution < 1.29 is 9.50 Å². The van der Waals surface area contributed by atoms with Gasteiger partial charge in [-0.1, -0.05) is 35.9 Å². The van der Waals surface area contributed by atoms with Crippen molar-refractivity contribution in [2.45, 2.75) is 23.3 Å². The van der Waals surface area contributed by atoms with Crippen LogP contribution < -0.4 is 0 Å². The summed E-state index contributed by atoms with van der Waals surface area (Å²) in [5.41, 5.74) is 1.55. The molecule has 0 bridgehead atoms. The van der Waals surface area contributed by atoms with Crippen molar-refractivity contribution in [1.29, 1.82) is 0 Å². The number of hydrogen-bond acceptors (Lipinski definition) is 2. The van der Waals surface area contributed by atoms with E-state index < -0.39 is 6.10 Å². The van der Waals surface area contributed by atoms with Crippen molar-refractivity contribution in [3.05, 3.63) is 64.4 Å². The molecule has 3 rings (SSSR count). The van der Waals surface area contributed by atoms with Crippen LogP contribution in [0.2, 0.25) is 5.02 Å². The van der Waals surface area contributed by atoms with E-state index in [1.807, 2.05) is 18.2 Å². The first-order valence-corrected chi connectivity index (χ1v) is 7.86. The molecule has 20 heavy (non-hydrogen) atoms. The van der Waals surface area contributed by atoms with Crippen LogP contribution in [-0.2, 0) is 6.42 Å². The van der Waals surface area contributed by atoms with E-state index in [9.17, 15) is 9.50 Å². The van der Waals surface area contributed by atoms with Gasteiger partial charge in [0.25, 0.3) is 0 Å². The fourth-order valence-electron chi connectivity index (χ4n) is 2.58. The van der Waals surface area contributed by atoms with E-state index in [2.05, 4.69) is 6.07 Å². The highest BCUT2D eigenvalue weighted by atomic mass is 35.5. The molecule has 4 heteroatoms. The molecule has 0 aromatic heterocycles. The second-order valence-electron chi connectivity index (χ2n) is 4.93. The van der Waals surface area contributed by atoms with Crippen LogP contribution in [0.1, 0.15) is 17.0 Å². The summed E-state index contributed by atoms with van der Waals surface area (Å²) in [5.74, 6) is 0.509. The topological polar surface area (TPSA) is 20.2 Å². The minimum absolute atomic E-state index is 0.0341. The molecule has 1 N–H and O–H groups in total. The molecule has 0 saturated carbocycles. The molecular formula is C16H14ClFOS. The maximum Gasteiger partial charge on any atom is 0.127 e. The summed E-state index contributed by atoms with van der Waals surface area (Å²) in [6.45, 7) is 0. The van der Waals surface area contributed by atoms with E-state index in [1.165, 1.54) is 11.0 Å². The summed E-state index contributed by atoms with van der Waals surface area (Å²) in [7, 11) is 0. The SMILES string of the molecule is OC(Cc1c(F)cccc1Cl)C1CSc2ccccc21. The lowest BCUT2D eigenvalue weighted by molar-refractivity contribution is 0.150. The molecule has 1 nitrogen and oxygen atoms in total. The predicted octanol–water partition coefficient (Wildman–Crippen LogP) is 4.27. The van der Waals surface area contributed by atoms with Gasteiger partial charge in [0.15, 0.2) is 0 Å². The Kier molecular flexibility index (Phi) is 4.01. The lowest BCUT2D eigenvalue weighted by Gasteiger charge is -2.19. The first-order valence-electron chi connectivity index (χ1n) is 6.49. The smallest absolute Gasteiger partial charge is 0.127 e. The van der Waals surface area contributed by atoms with Gasteiger partial charge in [-0.25, -0.2) is 4.39 Å². The third kappa shape index (κ3) is 2.58. The average molecular weight is 309 g/mol. The number of aliphatic hydroxyl groups excluding tert-OH is 1. The molecule has 0 radical (unpaired) electrons. The number of thioether (sulfide) groups is 1. The van der Waals surface area contributed by atoms with Crippen molar-refractivity contribution >= 4 is 23.4 Å². The minimum Gasteiger partial charge on any atom is -0.392 e. The van der Waals surface area contributed by atoms with Crippen LogP contribution in [0.5, 0.6) is 0 Å². The minimum atomic E-state index is -0.624. The Morgan fingerprint density at radius 3 is 2.85 bits per heavy atom. The van der Waals surface area contributed by atoms with Gasteiger partial charge >= 0.3 is 0 Å². The average Bonchev–Trinajstić information content (AvgIpc) is 2.87. The first-order chi connectivity index (χ1) is 9.66. The van der Waals surface area contributed by atoms with Crippen LogP contribution in [-0.4, -0.2) is 17.0 Å². The zero-order chi connectivity index (χ0) is 14.1. The molecule has 2 aromatic carbocycles. The molecule has 0 aliphatic carbocycles. The van der Waals surface area contributed by atoms with Gasteiger partial charge in [-0.3, -0.25) is 0 Å². The van der Waals surface area contributed by atoms with Crippen molar-refractivity contribution in [2.24, 2.45) is 0 Å². The quantitative estimate of drug-likeness (QED) is 0.913. The number of benzene rings is 2. The predicted molar refractivity (Wildman–Crippen MR) is 81.0 cm³/mol. The molecular weight excluding hydrogens is 295 g/mol. The van der Waals surface area contributed by atoms with Crippen LogP contribution >= 0.6 is 23.4 Å². The Balaban J connectivity index is 1.83. The Bertz CT molecular complexity index is 611. The van der Waals surface area contributed by atoms with Crippen LogP contribution in [0.4, 0.5) is 4.39 Å². The van der Waals surface area contributed by atoms with Gasteiger partial charge in [-0.05, 0) is 23.8 Å². The molecule has 0 fully saturated rings. The normalized spacial score (nSPS) is 18.9. The molecule has 2 unspecified atom stereocenters. The maximum atomic E-state index is 13.8. The van der Waals surface area contributed by atoms with E-state index in [0.717, 1.165) is 11.3 Å². The number of halogens is 2. The Hall–Kier alpha value is -1.03. The van der Waals surface area contributed by atoms with E-state index in [-0.39, 0.29) is 18.2 Å². The zero-order valence-electron chi connectivity index (χ0n) is 10.7. The van der Waals surface area contributed by atoms with Gasteiger partial charge in [-0.15, -0.1) is 11.8 Å². The molecule has 0 saturated heterocycles. The van der Waals surface area contributed by atoms with E-state index in [0.29, 0.717) is 10.6 Å². The zero-order valence-corrected chi connectivity index (χ0v) is 12.3. The lowest BCUT2D eigenvalue weighted by Crippen LogP contribution is -2.21. The van der Waals surface area contributed by atoms with Crippen molar-refractivity contribution in [2.75, 3.05) is 5.75 Å². The second-order valence-corrected chi connectivity index (χ2v) is 6.40. The molecule has 2 atom stereocenters.